The van der Waals surface area contributed by atoms with E-state index in [0.29, 0.717) is 15.7 Å². The molecule has 2 aromatic rings. The molecule has 2 aromatic carbocycles. The fourth-order valence-electron chi connectivity index (χ4n) is 2.82. The molecule has 0 aromatic heterocycles. The highest BCUT2D eigenvalue weighted by atomic mass is 35.5. The molecule has 1 aliphatic heterocycles. The Balaban J connectivity index is 1.66. The molecule has 126 valence electrons. The van der Waals surface area contributed by atoms with Gasteiger partial charge in [-0.2, -0.15) is 0 Å². The van der Waals surface area contributed by atoms with Crippen LogP contribution in [0.15, 0.2) is 42.5 Å². The first kappa shape index (κ1) is 16.9. The van der Waals surface area contributed by atoms with E-state index in [1.54, 1.807) is 12.1 Å². The van der Waals surface area contributed by atoms with Crippen LogP contribution in [0.3, 0.4) is 0 Å². The second-order valence-corrected chi connectivity index (χ2v) is 6.58. The number of nitrogens with one attached hydrogen (secondary N) is 2. The Morgan fingerprint density at radius 1 is 1.04 bits per heavy atom. The molecule has 24 heavy (non-hydrogen) atoms. The van der Waals surface area contributed by atoms with Crippen LogP contribution in [0, 0.1) is 0 Å². The molecule has 1 heterocycles. The average molecular weight is 364 g/mol. The number of carbonyl (C=O) groups is 1. The molecule has 0 bridgehead atoms. The van der Waals surface area contributed by atoms with E-state index in [4.69, 9.17) is 23.2 Å². The van der Waals surface area contributed by atoms with Gasteiger partial charge < -0.3 is 15.5 Å². The third-order valence-electron chi connectivity index (χ3n) is 3.99. The number of nitrogens with zero attached hydrogens (tertiary/aromatic N) is 1. The molecule has 0 aliphatic carbocycles. The molecule has 0 atom stereocenters. The summed E-state index contributed by atoms with van der Waals surface area (Å²) in [5, 5.41) is 7.16. The number of carbonyl (C=O) groups excluding carboxylic acids is 1. The molecule has 0 spiro atoms. The van der Waals surface area contributed by atoms with Gasteiger partial charge in [-0.15, -0.1) is 0 Å². The lowest BCUT2D eigenvalue weighted by atomic mass is 10.2. The Kier molecular flexibility index (Phi) is 5.48. The molecule has 1 aliphatic rings. The lowest BCUT2D eigenvalue weighted by Gasteiger charge is -2.22. The van der Waals surface area contributed by atoms with Crippen molar-refractivity contribution in [2.45, 2.75) is 12.8 Å². The lowest BCUT2D eigenvalue weighted by molar-refractivity contribution is -0.114. The van der Waals surface area contributed by atoms with Crippen LogP contribution in [0.4, 0.5) is 17.1 Å². The van der Waals surface area contributed by atoms with Gasteiger partial charge in [0.25, 0.3) is 0 Å². The Bertz CT molecular complexity index is 730. The molecule has 3 rings (SSSR count). The summed E-state index contributed by atoms with van der Waals surface area (Å²) in [5.74, 6) is -0.157. The second-order valence-electron chi connectivity index (χ2n) is 5.74. The van der Waals surface area contributed by atoms with Crippen LogP contribution in [-0.2, 0) is 4.79 Å². The number of anilines is 3. The quantitative estimate of drug-likeness (QED) is 0.812. The van der Waals surface area contributed by atoms with Crippen molar-refractivity contribution in [2.75, 3.05) is 35.2 Å². The van der Waals surface area contributed by atoms with Crippen LogP contribution >= 0.6 is 23.2 Å². The standard InChI is InChI=1S/C18H19Cl2N3O/c19-13-7-8-17(23-9-3-4-10-23)16(11-13)21-12-18(24)22-15-6-2-1-5-14(15)20/h1-2,5-8,11,21H,3-4,9-10,12H2,(H,22,24). The van der Waals surface area contributed by atoms with Gasteiger partial charge in [0.05, 0.1) is 28.6 Å². The van der Waals surface area contributed by atoms with Crippen molar-refractivity contribution >= 4 is 46.2 Å². The Morgan fingerprint density at radius 2 is 1.79 bits per heavy atom. The van der Waals surface area contributed by atoms with Gasteiger partial charge >= 0.3 is 0 Å². The molecule has 0 radical (unpaired) electrons. The molecule has 0 unspecified atom stereocenters. The van der Waals surface area contributed by atoms with Crippen LogP contribution in [0.1, 0.15) is 12.8 Å². The summed E-state index contributed by atoms with van der Waals surface area (Å²) in [5.41, 5.74) is 2.57. The van der Waals surface area contributed by atoms with Gasteiger partial charge in [-0.05, 0) is 43.2 Å². The van der Waals surface area contributed by atoms with Crippen molar-refractivity contribution in [2.24, 2.45) is 0 Å². The Hall–Kier alpha value is -1.91. The van der Waals surface area contributed by atoms with Crippen molar-refractivity contribution in [3.63, 3.8) is 0 Å². The molecule has 0 saturated carbocycles. The Morgan fingerprint density at radius 3 is 2.54 bits per heavy atom. The number of halogens is 2. The van der Waals surface area contributed by atoms with E-state index in [1.165, 1.54) is 12.8 Å². The average Bonchev–Trinajstić information content (AvgIpc) is 3.09. The van der Waals surface area contributed by atoms with Crippen molar-refractivity contribution in [1.82, 2.24) is 0 Å². The number of benzene rings is 2. The molecule has 1 saturated heterocycles. The minimum Gasteiger partial charge on any atom is -0.374 e. The predicted molar refractivity (Wildman–Crippen MR) is 101 cm³/mol. The molecule has 2 N–H and O–H groups in total. The third kappa shape index (κ3) is 4.13. The maximum Gasteiger partial charge on any atom is 0.243 e. The number of hydrogen-bond donors (Lipinski definition) is 2. The van der Waals surface area contributed by atoms with Gasteiger partial charge in [-0.3, -0.25) is 4.79 Å². The largest absolute Gasteiger partial charge is 0.374 e. The van der Waals surface area contributed by atoms with Crippen molar-refractivity contribution in [3.8, 4) is 0 Å². The third-order valence-corrected chi connectivity index (χ3v) is 4.56. The highest BCUT2D eigenvalue weighted by Gasteiger charge is 2.16. The predicted octanol–water partition coefficient (Wildman–Crippen LogP) is 4.64. The van der Waals surface area contributed by atoms with Crippen molar-refractivity contribution in [3.05, 3.63) is 52.5 Å². The zero-order chi connectivity index (χ0) is 16.9. The van der Waals surface area contributed by atoms with E-state index < -0.39 is 0 Å². The summed E-state index contributed by atoms with van der Waals surface area (Å²) in [7, 11) is 0. The number of rotatable bonds is 5. The zero-order valence-electron chi connectivity index (χ0n) is 13.2. The minimum atomic E-state index is -0.157. The van der Waals surface area contributed by atoms with Crippen LogP contribution < -0.4 is 15.5 Å². The topological polar surface area (TPSA) is 44.4 Å². The van der Waals surface area contributed by atoms with E-state index in [-0.39, 0.29) is 12.5 Å². The lowest BCUT2D eigenvalue weighted by Crippen LogP contribution is -2.24. The Labute approximate surface area is 151 Å². The molecular weight excluding hydrogens is 345 g/mol. The van der Waals surface area contributed by atoms with E-state index >= 15 is 0 Å². The first-order valence-corrected chi connectivity index (χ1v) is 8.72. The maximum atomic E-state index is 12.2. The van der Waals surface area contributed by atoms with Crippen molar-refractivity contribution < 1.29 is 4.79 Å². The number of amides is 1. The summed E-state index contributed by atoms with van der Waals surface area (Å²) < 4.78 is 0. The van der Waals surface area contributed by atoms with Gasteiger partial charge in [-0.1, -0.05) is 35.3 Å². The van der Waals surface area contributed by atoms with Gasteiger partial charge in [0.2, 0.25) is 5.91 Å². The SMILES string of the molecule is O=C(CNc1cc(Cl)ccc1N1CCCC1)Nc1ccccc1Cl. The molecule has 6 heteroatoms. The van der Waals surface area contributed by atoms with Gasteiger partial charge in [0, 0.05) is 18.1 Å². The van der Waals surface area contributed by atoms with Crippen molar-refractivity contribution in [1.29, 1.82) is 0 Å². The number of para-hydroxylation sites is 1. The summed E-state index contributed by atoms with van der Waals surface area (Å²) in [6.07, 6.45) is 2.38. The first-order valence-electron chi connectivity index (χ1n) is 7.96. The van der Waals surface area contributed by atoms with E-state index in [1.807, 2.05) is 30.3 Å². The van der Waals surface area contributed by atoms with Gasteiger partial charge in [0.15, 0.2) is 0 Å². The number of hydrogen-bond acceptors (Lipinski definition) is 3. The molecule has 4 nitrogen and oxygen atoms in total. The van der Waals surface area contributed by atoms with E-state index in [2.05, 4.69) is 15.5 Å². The van der Waals surface area contributed by atoms with Crippen LogP contribution in [0.2, 0.25) is 10.0 Å². The van der Waals surface area contributed by atoms with Crippen LogP contribution in [-0.4, -0.2) is 25.5 Å². The van der Waals surface area contributed by atoms with Crippen LogP contribution in [0.5, 0.6) is 0 Å². The molecule has 1 fully saturated rings. The normalized spacial score (nSPS) is 13.8. The van der Waals surface area contributed by atoms with E-state index in [9.17, 15) is 4.79 Å². The minimum absolute atomic E-state index is 0.145. The van der Waals surface area contributed by atoms with Gasteiger partial charge in [-0.25, -0.2) is 0 Å². The zero-order valence-corrected chi connectivity index (χ0v) is 14.7. The molecular formula is C18H19Cl2N3O. The van der Waals surface area contributed by atoms with Gasteiger partial charge in [0.1, 0.15) is 0 Å². The summed E-state index contributed by atoms with van der Waals surface area (Å²) in [6, 6.07) is 12.9. The monoisotopic (exact) mass is 363 g/mol. The fraction of sp³-hybridized carbons (Fsp3) is 0.278. The summed E-state index contributed by atoms with van der Waals surface area (Å²) in [4.78, 5) is 14.5. The highest BCUT2D eigenvalue weighted by Crippen LogP contribution is 2.31. The summed E-state index contributed by atoms with van der Waals surface area (Å²) >= 11 is 12.2. The van der Waals surface area contributed by atoms with E-state index in [0.717, 1.165) is 24.5 Å². The summed E-state index contributed by atoms with van der Waals surface area (Å²) in [6.45, 7) is 2.21. The fourth-order valence-corrected chi connectivity index (χ4v) is 3.17. The smallest absolute Gasteiger partial charge is 0.243 e. The second kappa shape index (κ2) is 7.77. The first-order chi connectivity index (χ1) is 11.6. The molecule has 1 amide bonds. The maximum absolute atomic E-state index is 12.2. The van der Waals surface area contributed by atoms with Crippen LogP contribution in [0.25, 0.3) is 0 Å². The highest BCUT2D eigenvalue weighted by molar-refractivity contribution is 6.33.